The maximum atomic E-state index is 13.0. The molecule has 9 heteroatoms. The summed E-state index contributed by atoms with van der Waals surface area (Å²) in [5, 5.41) is 4.24. The molecule has 3 heterocycles. The lowest BCUT2D eigenvalue weighted by molar-refractivity contribution is 0.477. The van der Waals surface area contributed by atoms with Crippen LogP contribution < -0.4 is 5.69 Å². The number of hydrogen-bond acceptors (Lipinski definition) is 4. The van der Waals surface area contributed by atoms with Crippen LogP contribution in [-0.2, 0) is 16.6 Å². The predicted molar refractivity (Wildman–Crippen MR) is 92.9 cm³/mol. The van der Waals surface area contributed by atoms with Gasteiger partial charge in [0, 0.05) is 19.3 Å². The van der Waals surface area contributed by atoms with E-state index < -0.39 is 15.7 Å². The lowest BCUT2D eigenvalue weighted by Gasteiger charge is -2.15. The van der Waals surface area contributed by atoms with E-state index in [1.165, 1.54) is 43.9 Å². The highest BCUT2D eigenvalue weighted by atomic mass is 32.2. The van der Waals surface area contributed by atoms with Gasteiger partial charge >= 0.3 is 5.69 Å². The molecule has 7 nitrogen and oxygen atoms in total. The lowest BCUT2D eigenvalue weighted by atomic mass is 10.2. The van der Waals surface area contributed by atoms with Crippen molar-refractivity contribution in [2.75, 3.05) is 13.1 Å². The fourth-order valence-corrected chi connectivity index (χ4v) is 4.79. The first-order chi connectivity index (χ1) is 12.5. The summed E-state index contributed by atoms with van der Waals surface area (Å²) in [5.41, 5.74) is 0.357. The average molecular weight is 376 g/mol. The van der Waals surface area contributed by atoms with Crippen LogP contribution in [0.1, 0.15) is 18.4 Å². The molecule has 1 aromatic carbocycles. The zero-order chi connectivity index (χ0) is 18.3. The summed E-state index contributed by atoms with van der Waals surface area (Å²) in [7, 11) is -3.70. The van der Waals surface area contributed by atoms with E-state index in [1.807, 2.05) is 0 Å². The monoisotopic (exact) mass is 376 g/mol. The van der Waals surface area contributed by atoms with E-state index in [0.29, 0.717) is 18.7 Å². The van der Waals surface area contributed by atoms with Crippen molar-refractivity contribution in [2.24, 2.45) is 0 Å². The highest BCUT2D eigenvalue weighted by molar-refractivity contribution is 7.89. The van der Waals surface area contributed by atoms with Crippen molar-refractivity contribution in [1.29, 1.82) is 0 Å². The molecule has 0 unspecified atom stereocenters. The Hall–Kier alpha value is -2.52. The van der Waals surface area contributed by atoms with Gasteiger partial charge in [0.05, 0.1) is 6.54 Å². The Morgan fingerprint density at radius 1 is 1.08 bits per heavy atom. The Morgan fingerprint density at radius 3 is 2.46 bits per heavy atom. The van der Waals surface area contributed by atoms with Gasteiger partial charge in [-0.15, -0.1) is 5.10 Å². The van der Waals surface area contributed by atoms with Gasteiger partial charge in [0.1, 0.15) is 10.7 Å². The highest BCUT2D eigenvalue weighted by Crippen LogP contribution is 2.23. The first-order valence-corrected chi connectivity index (χ1v) is 9.73. The van der Waals surface area contributed by atoms with Crippen molar-refractivity contribution >= 4 is 15.7 Å². The number of aromatic nitrogens is 3. The number of benzene rings is 1. The largest absolute Gasteiger partial charge is 0.350 e. The molecule has 0 saturated carbocycles. The van der Waals surface area contributed by atoms with E-state index in [2.05, 4.69) is 5.10 Å². The van der Waals surface area contributed by atoms with Crippen LogP contribution >= 0.6 is 0 Å². The molecule has 1 aliphatic rings. The molecular formula is C17H17FN4O3S. The summed E-state index contributed by atoms with van der Waals surface area (Å²) < 4.78 is 42.7. The first-order valence-electron chi connectivity index (χ1n) is 8.29. The Morgan fingerprint density at radius 2 is 1.77 bits per heavy atom. The van der Waals surface area contributed by atoms with Crippen LogP contribution in [0.5, 0.6) is 0 Å². The van der Waals surface area contributed by atoms with Crippen molar-refractivity contribution in [3.8, 4) is 0 Å². The number of fused-ring (bicyclic) bond motifs is 1. The molecule has 26 heavy (non-hydrogen) atoms. The van der Waals surface area contributed by atoms with Crippen molar-refractivity contribution in [2.45, 2.75) is 24.3 Å². The average Bonchev–Trinajstić information content (AvgIpc) is 3.27. The number of rotatable bonds is 4. The smallest absolute Gasteiger partial charge is 0.249 e. The van der Waals surface area contributed by atoms with Crippen LogP contribution in [0.3, 0.4) is 0 Å². The van der Waals surface area contributed by atoms with Crippen LogP contribution in [0.4, 0.5) is 4.39 Å². The van der Waals surface area contributed by atoms with Gasteiger partial charge in [-0.1, -0.05) is 12.1 Å². The second-order valence-corrected chi connectivity index (χ2v) is 8.15. The van der Waals surface area contributed by atoms with E-state index in [0.717, 1.165) is 12.8 Å². The number of halogens is 1. The van der Waals surface area contributed by atoms with Crippen LogP contribution in [-0.4, -0.2) is 40.0 Å². The van der Waals surface area contributed by atoms with Gasteiger partial charge in [-0.05, 0) is 42.7 Å². The zero-order valence-corrected chi connectivity index (χ0v) is 14.7. The van der Waals surface area contributed by atoms with Gasteiger partial charge in [-0.25, -0.2) is 26.7 Å². The Kier molecular flexibility index (Phi) is 4.12. The van der Waals surface area contributed by atoms with E-state index in [4.69, 9.17) is 0 Å². The summed E-state index contributed by atoms with van der Waals surface area (Å²) in [5.74, 6) is -0.366. The third kappa shape index (κ3) is 2.82. The van der Waals surface area contributed by atoms with Gasteiger partial charge in [-0.3, -0.25) is 0 Å². The van der Waals surface area contributed by atoms with E-state index in [1.54, 1.807) is 12.1 Å². The van der Waals surface area contributed by atoms with E-state index in [9.17, 15) is 17.6 Å². The molecule has 3 aromatic rings. The fraction of sp³-hybridized carbons (Fsp3) is 0.294. The van der Waals surface area contributed by atoms with E-state index in [-0.39, 0.29) is 22.9 Å². The van der Waals surface area contributed by atoms with Gasteiger partial charge in [-0.2, -0.15) is 4.31 Å². The Bertz CT molecular complexity index is 1110. The molecule has 2 aromatic heterocycles. The first kappa shape index (κ1) is 16.9. The molecule has 1 saturated heterocycles. The second-order valence-electron chi connectivity index (χ2n) is 6.24. The molecule has 0 amide bonds. The lowest BCUT2D eigenvalue weighted by Crippen LogP contribution is -2.28. The topological polar surface area (TPSA) is 76.7 Å². The molecule has 0 bridgehead atoms. The minimum Gasteiger partial charge on any atom is -0.249 e. The van der Waals surface area contributed by atoms with Gasteiger partial charge in [0.15, 0.2) is 5.65 Å². The standard InChI is InChI=1S/C17H17FN4O3S/c18-14-7-5-13(6-8-14)12-22-17(23)21-11-3-4-15(16(21)19-22)26(24,25)20-9-1-2-10-20/h3-8,11H,1-2,9-10,12H2. The second kappa shape index (κ2) is 6.33. The molecule has 4 rings (SSSR count). The quantitative estimate of drug-likeness (QED) is 0.691. The number of sulfonamides is 1. The highest BCUT2D eigenvalue weighted by Gasteiger charge is 2.30. The fourth-order valence-electron chi connectivity index (χ4n) is 3.15. The number of nitrogens with zero attached hydrogens (tertiary/aromatic N) is 4. The van der Waals surface area contributed by atoms with Crippen molar-refractivity contribution in [1.82, 2.24) is 18.5 Å². The van der Waals surface area contributed by atoms with Crippen molar-refractivity contribution in [3.05, 3.63) is 64.5 Å². The molecule has 0 N–H and O–H groups in total. The summed E-state index contributed by atoms with van der Waals surface area (Å²) in [4.78, 5) is 12.6. The van der Waals surface area contributed by atoms with Crippen LogP contribution in [0.25, 0.3) is 5.65 Å². The van der Waals surface area contributed by atoms with Crippen molar-refractivity contribution in [3.63, 3.8) is 0 Å². The normalized spacial score (nSPS) is 15.7. The molecule has 0 spiro atoms. The molecule has 0 atom stereocenters. The van der Waals surface area contributed by atoms with Gasteiger partial charge in [0.25, 0.3) is 0 Å². The third-order valence-corrected chi connectivity index (χ3v) is 6.42. The third-order valence-electron chi connectivity index (χ3n) is 4.50. The maximum absolute atomic E-state index is 13.0. The number of hydrogen-bond donors (Lipinski definition) is 0. The Labute approximate surface area is 149 Å². The molecule has 0 aliphatic carbocycles. The SMILES string of the molecule is O=c1n(Cc2ccc(F)cc2)nc2c(S(=O)(=O)N3CCCC3)cccn12. The van der Waals surface area contributed by atoms with Crippen LogP contribution in [0, 0.1) is 5.82 Å². The minimum atomic E-state index is -3.70. The maximum Gasteiger partial charge on any atom is 0.350 e. The summed E-state index contributed by atoms with van der Waals surface area (Å²) in [6.45, 7) is 1.08. The molecular weight excluding hydrogens is 359 g/mol. The van der Waals surface area contributed by atoms with Crippen LogP contribution in [0.15, 0.2) is 52.3 Å². The van der Waals surface area contributed by atoms with Crippen LogP contribution in [0.2, 0.25) is 0 Å². The molecule has 0 radical (unpaired) electrons. The van der Waals surface area contributed by atoms with Gasteiger partial charge in [0.2, 0.25) is 10.0 Å². The van der Waals surface area contributed by atoms with Crippen molar-refractivity contribution < 1.29 is 12.8 Å². The zero-order valence-electron chi connectivity index (χ0n) is 13.9. The Balaban J connectivity index is 1.80. The molecule has 1 aliphatic heterocycles. The van der Waals surface area contributed by atoms with E-state index >= 15 is 0 Å². The summed E-state index contributed by atoms with van der Waals surface area (Å²) in [6.07, 6.45) is 3.15. The number of pyridine rings is 1. The molecule has 136 valence electrons. The predicted octanol–water partition coefficient (Wildman–Crippen LogP) is 1.47. The summed E-state index contributed by atoms with van der Waals surface area (Å²) >= 11 is 0. The molecule has 1 fully saturated rings. The van der Waals surface area contributed by atoms with Gasteiger partial charge < -0.3 is 0 Å². The summed E-state index contributed by atoms with van der Waals surface area (Å²) in [6, 6.07) is 8.74. The minimum absolute atomic E-state index is 0.0249.